The van der Waals surface area contributed by atoms with E-state index in [9.17, 15) is 4.79 Å². The number of anilines is 1. The van der Waals surface area contributed by atoms with Gasteiger partial charge in [-0.15, -0.1) is 0 Å². The van der Waals surface area contributed by atoms with Crippen molar-refractivity contribution in [2.24, 2.45) is 0 Å². The zero-order valence-corrected chi connectivity index (χ0v) is 13.6. The third-order valence-corrected chi connectivity index (χ3v) is 4.41. The van der Waals surface area contributed by atoms with Crippen LogP contribution in [-0.4, -0.2) is 20.1 Å². The summed E-state index contributed by atoms with van der Waals surface area (Å²) >= 11 is 0. The average Bonchev–Trinajstić information content (AvgIpc) is 2.55. The molecule has 2 aromatic heterocycles. The lowest BCUT2D eigenvalue weighted by Crippen LogP contribution is -2.37. The van der Waals surface area contributed by atoms with Crippen molar-refractivity contribution in [3.63, 3.8) is 0 Å². The Hall–Kier alpha value is -2.73. The first-order valence-electron chi connectivity index (χ1n) is 7.84. The number of nitrogens with zero attached hydrogens (tertiary/aromatic N) is 3. The molecule has 0 unspecified atom stereocenters. The molecule has 1 aliphatic heterocycles. The van der Waals surface area contributed by atoms with Crippen LogP contribution in [0.25, 0.3) is 16.6 Å². The second-order valence-corrected chi connectivity index (χ2v) is 6.61. The van der Waals surface area contributed by atoms with Crippen molar-refractivity contribution in [1.82, 2.24) is 14.5 Å². The lowest BCUT2D eigenvalue weighted by atomic mass is 9.94. The highest BCUT2D eigenvalue weighted by Gasteiger charge is 2.31. The second kappa shape index (κ2) is 5.14. The summed E-state index contributed by atoms with van der Waals surface area (Å²) in [5.41, 5.74) is 8.67. The van der Waals surface area contributed by atoms with Crippen LogP contribution in [0, 0.1) is 0 Å². The third kappa shape index (κ3) is 2.18. The Kier molecular flexibility index (Phi) is 3.18. The number of fused-ring (bicyclic) bond motifs is 3. The van der Waals surface area contributed by atoms with E-state index in [1.165, 1.54) is 6.33 Å². The van der Waals surface area contributed by atoms with E-state index in [2.05, 4.69) is 9.97 Å². The van der Waals surface area contributed by atoms with Gasteiger partial charge in [-0.25, -0.2) is 9.97 Å². The van der Waals surface area contributed by atoms with Crippen molar-refractivity contribution in [3.8, 4) is 5.69 Å². The van der Waals surface area contributed by atoms with Crippen molar-refractivity contribution in [2.45, 2.75) is 32.5 Å². The van der Waals surface area contributed by atoms with E-state index in [-0.39, 0.29) is 17.0 Å². The SMILES string of the molecule is CC1(C)Cc2c(c3ncnc(N)c3c(=O)n2-c2ccccc2)CO1. The average molecular weight is 322 g/mol. The number of ether oxygens (including phenoxy) is 1. The molecule has 4 rings (SSSR count). The maximum atomic E-state index is 13.2. The van der Waals surface area contributed by atoms with Gasteiger partial charge in [0.2, 0.25) is 0 Å². The number of aromatic nitrogens is 3. The van der Waals surface area contributed by atoms with Crippen LogP contribution in [-0.2, 0) is 17.8 Å². The molecular formula is C18H18N4O2. The molecule has 0 fully saturated rings. The molecule has 0 bridgehead atoms. The van der Waals surface area contributed by atoms with Crippen molar-refractivity contribution < 1.29 is 4.74 Å². The second-order valence-electron chi connectivity index (χ2n) is 6.61. The lowest BCUT2D eigenvalue weighted by molar-refractivity contribution is -0.0413. The minimum absolute atomic E-state index is 0.189. The van der Waals surface area contributed by atoms with Crippen LogP contribution in [0.4, 0.5) is 5.82 Å². The van der Waals surface area contributed by atoms with E-state index in [1.54, 1.807) is 4.57 Å². The molecule has 0 radical (unpaired) electrons. The van der Waals surface area contributed by atoms with Gasteiger partial charge in [-0.3, -0.25) is 9.36 Å². The molecule has 6 nitrogen and oxygen atoms in total. The van der Waals surface area contributed by atoms with Gasteiger partial charge in [-0.1, -0.05) is 18.2 Å². The topological polar surface area (TPSA) is 83.0 Å². The Labute approximate surface area is 138 Å². The fourth-order valence-electron chi connectivity index (χ4n) is 3.25. The van der Waals surface area contributed by atoms with Gasteiger partial charge in [0.05, 0.1) is 17.7 Å². The van der Waals surface area contributed by atoms with E-state index in [1.807, 2.05) is 44.2 Å². The Balaban J connectivity index is 2.16. The molecule has 0 saturated heterocycles. The van der Waals surface area contributed by atoms with E-state index >= 15 is 0 Å². The normalized spacial score (nSPS) is 16.1. The number of benzene rings is 1. The number of nitrogen functional groups attached to an aromatic ring is 1. The predicted octanol–water partition coefficient (Wildman–Crippen LogP) is 2.21. The van der Waals surface area contributed by atoms with E-state index in [0.717, 1.165) is 16.9 Å². The molecular weight excluding hydrogens is 304 g/mol. The maximum absolute atomic E-state index is 13.2. The van der Waals surface area contributed by atoms with Crippen molar-refractivity contribution in [2.75, 3.05) is 5.73 Å². The first-order chi connectivity index (χ1) is 11.5. The highest BCUT2D eigenvalue weighted by molar-refractivity contribution is 5.90. The zero-order chi connectivity index (χ0) is 16.9. The first kappa shape index (κ1) is 14.8. The summed E-state index contributed by atoms with van der Waals surface area (Å²) in [5, 5.41) is 0.350. The zero-order valence-electron chi connectivity index (χ0n) is 13.6. The Bertz CT molecular complexity index is 993. The molecule has 0 spiro atoms. The lowest BCUT2D eigenvalue weighted by Gasteiger charge is -2.33. The molecule has 0 atom stereocenters. The van der Waals surface area contributed by atoms with E-state index in [4.69, 9.17) is 10.5 Å². The predicted molar refractivity (Wildman–Crippen MR) is 92.1 cm³/mol. The summed E-state index contributed by atoms with van der Waals surface area (Å²) in [4.78, 5) is 21.5. The first-order valence-corrected chi connectivity index (χ1v) is 7.84. The van der Waals surface area contributed by atoms with Crippen molar-refractivity contribution in [3.05, 3.63) is 58.3 Å². The number of pyridine rings is 1. The fraction of sp³-hybridized carbons (Fsp3) is 0.278. The number of hydrogen-bond donors (Lipinski definition) is 1. The molecule has 122 valence electrons. The summed E-state index contributed by atoms with van der Waals surface area (Å²) in [6, 6.07) is 9.57. The van der Waals surface area contributed by atoms with Crippen LogP contribution >= 0.6 is 0 Å². The van der Waals surface area contributed by atoms with Crippen LogP contribution in [0.1, 0.15) is 25.1 Å². The molecule has 1 aromatic carbocycles. The van der Waals surface area contributed by atoms with Gasteiger partial charge < -0.3 is 10.5 Å². The molecule has 24 heavy (non-hydrogen) atoms. The van der Waals surface area contributed by atoms with Gasteiger partial charge in [-0.2, -0.15) is 0 Å². The van der Waals surface area contributed by atoms with Crippen LogP contribution in [0.15, 0.2) is 41.5 Å². The largest absolute Gasteiger partial charge is 0.383 e. The van der Waals surface area contributed by atoms with Gasteiger partial charge in [0, 0.05) is 23.4 Å². The molecule has 1 aliphatic rings. The monoisotopic (exact) mass is 322 g/mol. The Morgan fingerprint density at radius 2 is 1.96 bits per heavy atom. The molecule has 0 aliphatic carbocycles. The highest BCUT2D eigenvalue weighted by Crippen LogP contribution is 2.32. The summed E-state index contributed by atoms with van der Waals surface area (Å²) in [7, 11) is 0. The number of hydrogen-bond acceptors (Lipinski definition) is 5. The summed E-state index contributed by atoms with van der Waals surface area (Å²) in [5.74, 6) is 0.197. The summed E-state index contributed by atoms with van der Waals surface area (Å²) in [6.45, 7) is 4.44. The molecule has 6 heteroatoms. The van der Waals surface area contributed by atoms with Crippen LogP contribution < -0.4 is 11.3 Å². The minimum atomic E-state index is -0.345. The van der Waals surface area contributed by atoms with Crippen molar-refractivity contribution >= 4 is 16.7 Å². The Morgan fingerprint density at radius 3 is 2.71 bits per heavy atom. The van der Waals surface area contributed by atoms with Gasteiger partial charge in [0.15, 0.2) is 0 Å². The van der Waals surface area contributed by atoms with Gasteiger partial charge in [-0.05, 0) is 26.0 Å². The molecule has 2 N–H and O–H groups in total. The summed E-state index contributed by atoms with van der Waals surface area (Å²) in [6.07, 6.45) is 2.01. The van der Waals surface area contributed by atoms with Crippen molar-refractivity contribution in [1.29, 1.82) is 0 Å². The fourth-order valence-corrected chi connectivity index (χ4v) is 3.25. The maximum Gasteiger partial charge on any atom is 0.268 e. The number of rotatable bonds is 1. The molecule has 0 amide bonds. The molecule has 0 saturated carbocycles. The highest BCUT2D eigenvalue weighted by atomic mass is 16.5. The summed E-state index contributed by atoms with van der Waals surface area (Å²) < 4.78 is 7.68. The van der Waals surface area contributed by atoms with Gasteiger partial charge in [0.1, 0.15) is 17.5 Å². The standard InChI is InChI=1S/C18H18N4O2/c1-18(2)8-13-12(9-24-18)15-14(16(19)21-10-20-15)17(23)22(13)11-6-4-3-5-7-11/h3-7,10H,8-9H2,1-2H3,(H2,19,20,21). The third-order valence-electron chi connectivity index (χ3n) is 4.41. The number of nitrogens with two attached hydrogens (primary N) is 1. The number of para-hydroxylation sites is 1. The van der Waals surface area contributed by atoms with Crippen LogP contribution in [0.5, 0.6) is 0 Å². The minimum Gasteiger partial charge on any atom is -0.383 e. The van der Waals surface area contributed by atoms with Gasteiger partial charge in [0.25, 0.3) is 5.56 Å². The van der Waals surface area contributed by atoms with Crippen LogP contribution in [0.2, 0.25) is 0 Å². The van der Waals surface area contributed by atoms with Crippen LogP contribution in [0.3, 0.4) is 0 Å². The molecule has 3 aromatic rings. The quantitative estimate of drug-likeness (QED) is 0.743. The Morgan fingerprint density at radius 1 is 1.21 bits per heavy atom. The molecule has 3 heterocycles. The van der Waals surface area contributed by atoms with Gasteiger partial charge >= 0.3 is 0 Å². The smallest absolute Gasteiger partial charge is 0.268 e. The van der Waals surface area contributed by atoms with E-state index in [0.29, 0.717) is 23.9 Å². The van der Waals surface area contributed by atoms with E-state index < -0.39 is 0 Å².